The highest BCUT2D eigenvalue weighted by atomic mass is 32.1. The van der Waals surface area contributed by atoms with E-state index in [9.17, 15) is 29.4 Å². The standard InChI is InChI=1S/C17H32N4O7S/c1-5-7(2)12(16(26)21-13(9(4)23)17(27)28)20-14(24)10(6-29)19-15(25)11(18)8(3)22/h7-13,22-23,29H,5-6,18H2,1-4H3,(H,19,25)(H,20,24)(H,21,26)(H,27,28). The molecule has 3 amide bonds. The van der Waals surface area contributed by atoms with Gasteiger partial charge in [0.05, 0.1) is 12.2 Å². The molecule has 0 heterocycles. The van der Waals surface area contributed by atoms with Crippen molar-refractivity contribution in [3.63, 3.8) is 0 Å². The molecular formula is C17H32N4O7S. The van der Waals surface area contributed by atoms with E-state index >= 15 is 0 Å². The van der Waals surface area contributed by atoms with Gasteiger partial charge in [0.1, 0.15) is 18.1 Å². The van der Waals surface area contributed by atoms with Crippen LogP contribution in [0.25, 0.3) is 0 Å². The molecule has 7 unspecified atom stereocenters. The van der Waals surface area contributed by atoms with Crippen LogP contribution >= 0.6 is 12.6 Å². The molecule has 7 atom stereocenters. The number of nitrogens with two attached hydrogens (primary N) is 1. The molecule has 0 rings (SSSR count). The van der Waals surface area contributed by atoms with E-state index in [4.69, 9.17) is 10.8 Å². The lowest BCUT2D eigenvalue weighted by Gasteiger charge is -2.28. The number of carbonyl (C=O) groups excluding carboxylic acids is 3. The zero-order valence-electron chi connectivity index (χ0n) is 17.0. The van der Waals surface area contributed by atoms with Crippen molar-refractivity contribution in [2.75, 3.05) is 5.75 Å². The predicted molar refractivity (Wildman–Crippen MR) is 108 cm³/mol. The van der Waals surface area contributed by atoms with E-state index in [0.717, 1.165) is 0 Å². The van der Waals surface area contributed by atoms with Crippen LogP contribution in [0.5, 0.6) is 0 Å². The van der Waals surface area contributed by atoms with Crippen LogP contribution in [-0.2, 0) is 19.2 Å². The van der Waals surface area contributed by atoms with Crippen LogP contribution in [0.1, 0.15) is 34.1 Å². The van der Waals surface area contributed by atoms with Gasteiger partial charge in [0.15, 0.2) is 6.04 Å². The summed E-state index contributed by atoms with van der Waals surface area (Å²) in [5.41, 5.74) is 5.53. The first-order valence-electron chi connectivity index (χ1n) is 9.23. The Hall–Kier alpha value is -1.89. The molecule has 0 aromatic rings. The van der Waals surface area contributed by atoms with Gasteiger partial charge in [-0.1, -0.05) is 20.3 Å². The van der Waals surface area contributed by atoms with Crippen molar-refractivity contribution in [2.45, 2.75) is 70.5 Å². The molecule has 0 aliphatic rings. The molecule has 0 saturated heterocycles. The zero-order chi connectivity index (χ0) is 22.9. The van der Waals surface area contributed by atoms with Gasteiger partial charge in [-0.15, -0.1) is 0 Å². The van der Waals surface area contributed by atoms with Crippen molar-refractivity contribution in [2.24, 2.45) is 11.7 Å². The van der Waals surface area contributed by atoms with E-state index in [0.29, 0.717) is 6.42 Å². The van der Waals surface area contributed by atoms with E-state index in [1.54, 1.807) is 13.8 Å². The van der Waals surface area contributed by atoms with Crippen LogP contribution in [0.4, 0.5) is 0 Å². The molecule has 0 fully saturated rings. The van der Waals surface area contributed by atoms with Crippen LogP contribution in [0.15, 0.2) is 0 Å². The van der Waals surface area contributed by atoms with Gasteiger partial charge in [0.2, 0.25) is 17.7 Å². The first-order valence-corrected chi connectivity index (χ1v) is 9.86. The van der Waals surface area contributed by atoms with E-state index in [1.165, 1.54) is 13.8 Å². The number of aliphatic hydroxyl groups excluding tert-OH is 2. The molecule has 168 valence electrons. The summed E-state index contributed by atoms with van der Waals surface area (Å²) < 4.78 is 0. The molecule has 0 saturated carbocycles. The average molecular weight is 437 g/mol. The number of rotatable bonds is 12. The molecule has 29 heavy (non-hydrogen) atoms. The molecule has 0 aromatic heterocycles. The number of aliphatic hydroxyl groups is 2. The minimum Gasteiger partial charge on any atom is -0.480 e. The predicted octanol–water partition coefficient (Wildman–Crippen LogP) is -2.41. The lowest BCUT2D eigenvalue weighted by molar-refractivity contribution is -0.145. The van der Waals surface area contributed by atoms with Gasteiger partial charge in [0.25, 0.3) is 0 Å². The lowest BCUT2D eigenvalue weighted by atomic mass is 9.97. The fraction of sp³-hybridized carbons (Fsp3) is 0.765. The second-order valence-electron chi connectivity index (χ2n) is 6.95. The SMILES string of the molecule is CCC(C)C(NC(=O)C(CS)NC(=O)C(N)C(C)O)C(=O)NC(C(=O)O)C(C)O. The average Bonchev–Trinajstić information content (AvgIpc) is 2.65. The third-order valence-electron chi connectivity index (χ3n) is 4.48. The number of nitrogens with one attached hydrogen (secondary N) is 3. The fourth-order valence-electron chi connectivity index (χ4n) is 2.27. The monoisotopic (exact) mass is 436 g/mol. The number of carboxylic acid groups (broad SMARTS) is 1. The Labute approximate surface area is 175 Å². The molecule has 12 heteroatoms. The van der Waals surface area contributed by atoms with Crippen molar-refractivity contribution < 1.29 is 34.5 Å². The van der Waals surface area contributed by atoms with Crippen molar-refractivity contribution in [1.29, 1.82) is 0 Å². The van der Waals surface area contributed by atoms with E-state index in [2.05, 4.69) is 28.6 Å². The molecule has 0 radical (unpaired) electrons. The Morgan fingerprint density at radius 3 is 1.79 bits per heavy atom. The van der Waals surface area contributed by atoms with Gasteiger partial charge in [-0.3, -0.25) is 14.4 Å². The normalized spacial score (nSPS) is 18.3. The Morgan fingerprint density at radius 2 is 1.41 bits per heavy atom. The molecule has 8 N–H and O–H groups in total. The van der Waals surface area contributed by atoms with Crippen molar-refractivity contribution in [3.8, 4) is 0 Å². The summed E-state index contributed by atoms with van der Waals surface area (Å²) in [5, 5.41) is 35.1. The number of carbonyl (C=O) groups is 4. The molecule has 0 bridgehead atoms. The maximum Gasteiger partial charge on any atom is 0.328 e. The number of hydrogen-bond acceptors (Lipinski definition) is 8. The van der Waals surface area contributed by atoms with Crippen molar-refractivity contribution >= 4 is 36.3 Å². The summed E-state index contributed by atoms with van der Waals surface area (Å²) in [6.07, 6.45) is -2.00. The van der Waals surface area contributed by atoms with Crippen molar-refractivity contribution in [1.82, 2.24) is 16.0 Å². The summed E-state index contributed by atoms with van der Waals surface area (Å²) in [5.74, 6) is -4.18. The molecule has 0 aromatic carbocycles. The van der Waals surface area contributed by atoms with Crippen LogP contribution in [0.3, 0.4) is 0 Å². The van der Waals surface area contributed by atoms with E-state index in [-0.39, 0.29) is 11.7 Å². The summed E-state index contributed by atoms with van der Waals surface area (Å²) in [7, 11) is 0. The Balaban J connectivity index is 5.34. The molecular weight excluding hydrogens is 404 g/mol. The number of aliphatic carboxylic acids is 1. The first kappa shape index (κ1) is 27.1. The highest BCUT2D eigenvalue weighted by Gasteiger charge is 2.33. The Bertz CT molecular complexity index is 588. The van der Waals surface area contributed by atoms with Crippen LogP contribution in [-0.4, -0.2) is 81.1 Å². The van der Waals surface area contributed by atoms with Gasteiger partial charge in [-0.05, 0) is 19.8 Å². The van der Waals surface area contributed by atoms with Crippen LogP contribution < -0.4 is 21.7 Å². The van der Waals surface area contributed by atoms with Gasteiger partial charge in [-0.25, -0.2) is 4.79 Å². The van der Waals surface area contributed by atoms with Crippen LogP contribution in [0.2, 0.25) is 0 Å². The fourth-order valence-corrected chi connectivity index (χ4v) is 2.53. The highest BCUT2D eigenvalue weighted by Crippen LogP contribution is 2.10. The number of amides is 3. The van der Waals surface area contributed by atoms with E-state index < -0.39 is 60.1 Å². The molecule has 0 spiro atoms. The third kappa shape index (κ3) is 8.56. The smallest absolute Gasteiger partial charge is 0.328 e. The second kappa shape index (κ2) is 12.6. The number of carboxylic acids is 1. The third-order valence-corrected chi connectivity index (χ3v) is 4.84. The lowest BCUT2D eigenvalue weighted by Crippen LogP contribution is -2.60. The quantitative estimate of drug-likeness (QED) is 0.155. The zero-order valence-corrected chi connectivity index (χ0v) is 17.8. The van der Waals surface area contributed by atoms with Gasteiger partial charge >= 0.3 is 5.97 Å². The van der Waals surface area contributed by atoms with Crippen molar-refractivity contribution in [3.05, 3.63) is 0 Å². The molecule has 0 aliphatic carbocycles. The van der Waals surface area contributed by atoms with Gasteiger partial charge in [-0.2, -0.15) is 12.6 Å². The topological polar surface area (TPSA) is 191 Å². The summed E-state index contributed by atoms with van der Waals surface area (Å²) in [6.45, 7) is 6.00. The Kier molecular flexibility index (Phi) is 11.8. The maximum absolute atomic E-state index is 12.6. The highest BCUT2D eigenvalue weighted by molar-refractivity contribution is 7.80. The van der Waals surface area contributed by atoms with Gasteiger partial charge in [0, 0.05) is 5.75 Å². The minimum atomic E-state index is -1.55. The summed E-state index contributed by atoms with van der Waals surface area (Å²) >= 11 is 4.02. The van der Waals surface area contributed by atoms with Crippen LogP contribution in [0, 0.1) is 5.92 Å². The summed E-state index contributed by atoms with van der Waals surface area (Å²) in [4.78, 5) is 48.3. The minimum absolute atomic E-state index is 0.107. The Morgan fingerprint density at radius 1 is 0.897 bits per heavy atom. The molecule has 11 nitrogen and oxygen atoms in total. The number of thiol groups is 1. The molecule has 0 aliphatic heterocycles. The first-order chi connectivity index (χ1) is 13.4. The van der Waals surface area contributed by atoms with Gasteiger partial charge < -0.3 is 37.0 Å². The largest absolute Gasteiger partial charge is 0.480 e. The maximum atomic E-state index is 12.6. The number of hydrogen-bond donors (Lipinski definition) is 8. The van der Waals surface area contributed by atoms with E-state index in [1.807, 2.05) is 0 Å². The summed E-state index contributed by atoms with van der Waals surface area (Å²) in [6, 6.07) is -5.04. The second-order valence-corrected chi connectivity index (χ2v) is 7.31.